The lowest BCUT2D eigenvalue weighted by molar-refractivity contribution is -0.125. The smallest absolute Gasteiger partial charge is 0.249 e. The maximum atomic E-state index is 14.4. The summed E-state index contributed by atoms with van der Waals surface area (Å²) in [6, 6.07) is 2.75. The number of likely N-dealkylation sites (tertiary alicyclic amines) is 1. The summed E-state index contributed by atoms with van der Waals surface area (Å²) in [5.74, 6) is -0.716. The molecule has 1 atom stereocenters. The van der Waals surface area contributed by atoms with Crippen molar-refractivity contribution in [3.05, 3.63) is 53.2 Å². The number of ether oxygens (including phenoxy) is 1. The SMILES string of the molecule is C=CC(=O)N1CC[C@H](Nc2ncc3ncnc(Oc4ccc(Cl)c(Cl)c4F)c3n2)C1. The Bertz CT molecular complexity index is 1150. The molecule has 1 saturated heterocycles. The molecular weight excluding hydrogens is 434 g/mol. The lowest BCUT2D eigenvalue weighted by Crippen LogP contribution is -2.30. The summed E-state index contributed by atoms with van der Waals surface area (Å²) >= 11 is 11.7. The fourth-order valence-electron chi connectivity index (χ4n) is 3.06. The maximum absolute atomic E-state index is 14.4. The topological polar surface area (TPSA) is 93.1 Å². The minimum absolute atomic E-state index is 0.0205. The molecule has 1 aliphatic heterocycles. The van der Waals surface area contributed by atoms with E-state index in [-0.39, 0.29) is 39.1 Å². The number of hydrogen-bond acceptors (Lipinski definition) is 7. The van der Waals surface area contributed by atoms with E-state index in [1.165, 1.54) is 30.7 Å². The molecule has 4 rings (SSSR count). The first kappa shape index (κ1) is 20.2. The summed E-state index contributed by atoms with van der Waals surface area (Å²) in [6.45, 7) is 4.63. The van der Waals surface area contributed by atoms with Gasteiger partial charge in [-0.2, -0.15) is 4.98 Å². The van der Waals surface area contributed by atoms with Gasteiger partial charge in [-0.3, -0.25) is 4.79 Å². The predicted octanol–water partition coefficient (Wildman–Crippen LogP) is 3.86. The van der Waals surface area contributed by atoms with Crippen molar-refractivity contribution >= 4 is 46.1 Å². The molecule has 0 bridgehead atoms. The number of benzene rings is 1. The first-order valence-corrected chi connectivity index (χ1v) is 9.69. The first-order valence-electron chi connectivity index (χ1n) is 8.93. The summed E-state index contributed by atoms with van der Waals surface area (Å²) in [5, 5.41) is 3.01. The van der Waals surface area contributed by atoms with Crippen LogP contribution in [-0.2, 0) is 4.79 Å². The van der Waals surface area contributed by atoms with E-state index >= 15 is 0 Å². The molecule has 1 N–H and O–H groups in total. The fraction of sp³-hybridized carbons (Fsp3) is 0.211. The summed E-state index contributed by atoms with van der Waals surface area (Å²) in [6.07, 6.45) is 4.80. The Balaban J connectivity index is 1.59. The minimum atomic E-state index is -0.804. The van der Waals surface area contributed by atoms with Gasteiger partial charge < -0.3 is 15.0 Å². The number of aromatic nitrogens is 4. The van der Waals surface area contributed by atoms with Gasteiger partial charge in [0.15, 0.2) is 17.1 Å². The molecule has 154 valence electrons. The molecule has 1 fully saturated rings. The first-order chi connectivity index (χ1) is 14.5. The van der Waals surface area contributed by atoms with Crippen molar-refractivity contribution in [1.82, 2.24) is 24.8 Å². The quantitative estimate of drug-likeness (QED) is 0.467. The van der Waals surface area contributed by atoms with Gasteiger partial charge in [-0.1, -0.05) is 29.8 Å². The van der Waals surface area contributed by atoms with E-state index in [2.05, 4.69) is 31.8 Å². The van der Waals surface area contributed by atoms with Gasteiger partial charge in [0.2, 0.25) is 17.7 Å². The zero-order chi connectivity index (χ0) is 21.3. The summed E-state index contributed by atoms with van der Waals surface area (Å²) in [7, 11) is 0. The fourth-order valence-corrected chi connectivity index (χ4v) is 3.36. The number of rotatable bonds is 5. The molecule has 0 spiro atoms. The Morgan fingerprint density at radius 3 is 2.97 bits per heavy atom. The number of amides is 1. The lowest BCUT2D eigenvalue weighted by Gasteiger charge is -2.15. The Morgan fingerprint density at radius 1 is 1.33 bits per heavy atom. The van der Waals surface area contributed by atoms with Gasteiger partial charge in [0.1, 0.15) is 11.8 Å². The molecule has 0 aliphatic carbocycles. The molecule has 0 unspecified atom stereocenters. The molecule has 3 heterocycles. The van der Waals surface area contributed by atoms with E-state index in [0.29, 0.717) is 24.6 Å². The maximum Gasteiger partial charge on any atom is 0.249 e. The Labute approximate surface area is 180 Å². The highest BCUT2D eigenvalue weighted by Gasteiger charge is 2.25. The van der Waals surface area contributed by atoms with E-state index in [1.54, 1.807) is 4.90 Å². The van der Waals surface area contributed by atoms with Crippen molar-refractivity contribution in [2.24, 2.45) is 0 Å². The van der Waals surface area contributed by atoms with E-state index in [1.807, 2.05) is 0 Å². The van der Waals surface area contributed by atoms with Crippen LogP contribution in [0.3, 0.4) is 0 Å². The number of nitrogens with one attached hydrogen (secondary N) is 1. The van der Waals surface area contributed by atoms with E-state index in [4.69, 9.17) is 27.9 Å². The molecule has 8 nitrogen and oxygen atoms in total. The summed E-state index contributed by atoms with van der Waals surface area (Å²) < 4.78 is 20.0. The number of fused-ring (bicyclic) bond motifs is 1. The Morgan fingerprint density at radius 2 is 2.17 bits per heavy atom. The molecule has 1 aromatic carbocycles. The third-order valence-corrected chi connectivity index (χ3v) is 5.34. The van der Waals surface area contributed by atoms with Crippen LogP contribution in [0.15, 0.2) is 37.3 Å². The Hall–Kier alpha value is -3.04. The van der Waals surface area contributed by atoms with Crippen LogP contribution in [0.1, 0.15) is 6.42 Å². The van der Waals surface area contributed by atoms with Crippen molar-refractivity contribution in [1.29, 1.82) is 0 Å². The van der Waals surface area contributed by atoms with Crippen LogP contribution < -0.4 is 10.1 Å². The van der Waals surface area contributed by atoms with Gasteiger partial charge in [0.05, 0.1) is 16.2 Å². The van der Waals surface area contributed by atoms with Crippen molar-refractivity contribution < 1.29 is 13.9 Å². The number of halogens is 3. The second-order valence-corrected chi connectivity index (χ2v) is 7.29. The van der Waals surface area contributed by atoms with Crippen LogP contribution >= 0.6 is 23.2 Å². The third-order valence-electron chi connectivity index (χ3n) is 4.56. The van der Waals surface area contributed by atoms with Crippen molar-refractivity contribution in [2.75, 3.05) is 18.4 Å². The van der Waals surface area contributed by atoms with E-state index in [9.17, 15) is 9.18 Å². The van der Waals surface area contributed by atoms with Gasteiger partial charge in [-0.05, 0) is 24.6 Å². The number of carbonyl (C=O) groups is 1. The van der Waals surface area contributed by atoms with Crippen LogP contribution in [-0.4, -0.2) is 49.9 Å². The number of anilines is 1. The van der Waals surface area contributed by atoms with Crippen LogP contribution in [0.2, 0.25) is 10.0 Å². The second-order valence-electron chi connectivity index (χ2n) is 6.50. The molecule has 0 saturated carbocycles. The van der Waals surface area contributed by atoms with Gasteiger partial charge in [0.25, 0.3) is 0 Å². The number of hydrogen-bond donors (Lipinski definition) is 1. The van der Waals surface area contributed by atoms with Crippen LogP contribution in [0.4, 0.5) is 10.3 Å². The van der Waals surface area contributed by atoms with Crippen LogP contribution in [0.25, 0.3) is 11.0 Å². The molecular formula is C19H15Cl2FN6O2. The largest absolute Gasteiger partial charge is 0.434 e. The molecule has 0 radical (unpaired) electrons. The van der Waals surface area contributed by atoms with Gasteiger partial charge >= 0.3 is 0 Å². The molecule has 1 amide bonds. The van der Waals surface area contributed by atoms with Crippen molar-refractivity contribution in [3.8, 4) is 11.6 Å². The summed E-state index contributed by atoms with van der Waals surface area (Å²) in [5.41, 5.74) is 0.707. The van der Waals surface area contributed by atoms with Crippen LogP contribution in [0, 0.1) is 5.82 Å². The normalized spacial score (nSPS) is 16.0. The van der Waals surface area contributed by atoms with Crippen molar-refractivity contribution in [3.63, 3.8) is 0 Å². The van der Waals surface area contributed by atoms with Gasteiger partial charge in [-0.25, -0.2) is 19.3 Å². The average Bonchev–Trinajstić information content (AvgIpc) is 3.22. The standard InChI is InChI=1S/C19H15Cl2FN6O2/c1-2-14(29)28-6-5-10(8-28)26-19-23-7-12-17(27-19)18(25-9-24-12)30-13-4-3-11(20)15(21)16(13)22/h2-4,7,9-10H,1,5-6,8H2,(H,23,26,27)/t10-/m0/s1. The highest BCUT2D eigenvalue weighted by atomic mass is 35.5. The molecule has 11 heteroatoms. The zero-order valence-electron chi connectivity index (χ0n) is 15.5. The summed E-state index contributed by atoms with van der Waals surface area (Å²) in [4.78, 5) is 30.3. The molecule has 1 aliphatic rings. The second kappa shape index (κ2) is 8.37. The average molecular weight is 449 g/mol. The monoisotopic (exact) mass is 448 g/mol. The van der Waals surface area contributed by atoms with E-state index < -0.39 is 5.82 Å². The number of carbonyl (C=O) groups excluding carboxylic acids is 1. The lowest BCUT2D eigenvalue weighted by atomic mass is 10.3. The highest BCUT2D eigenvalue weighted by Crippen LogP contribution is 2.34. The van der Waals surface area contributed by atoms with Gasteiger partial charge in [-0.15, -0.1) is 0 Å². The predicted molar refractivity (Wildman–Crippen MR) is 110 cm³/mol. The number of nitrogens with zero attached hydrogens (tertiary/aromatic N) is 5. The zero-order valence-corrected chi connectivity index (χ0v) is 17.0. The van der Waals surface area contributed by atoms with Crippen LogP contribution in [0.5, 0.6) is 11.6 Å². The molecule has 2 aromatic heterocycles. The molecule has 30 heavy (non-hydrogen) atoms. The minimum Gasteiger partial charge on any atom is -0.434 e. The molecule has 3 aromatic rings. The third kappa shape index (κ3) is 3.99. The Kier molecular flexibility index (Phi) is 5.65. The van der Waals surface area contributed by atoms with E-state index in [0.717, 1.165) is 6.42 Å². The van der Waals surface area contributed by atoms with Gasteiger partial charge in [0, 0.05) is 19.1 Å². The van der Waals surface area contributed by atoms with Crippen molar-refractivity contribution in [2.45, 2.75) is 12.5 Å². The highest BCUT2D eigenvalue weighted by molar-refractivity contribution is 6.42.